The Kier molecular flexibility index (Phi) is 2.66. The van der Waals surface area contributed by atoms with Gasteiger partial charge in [-0.05, 0) is 36.0 Å². The van der Waals surface area contributed by atoms with E-state index in [9.17, 15) is 0 Å². The summed E-state index contributed by atoms with van der Waals surface area (Å²) in [6.07, 6.45) is 5.41. The maximum Gasteiger partial charge on any atom is 0.0876 e. The van der Waals surface area contributed by atoms with Crippen molar-refractivity contribution < 1.29 is 4.74 Å². The first-order valence-corrected chi connectivity index (χ1v) is 6.07. The zero-order chi connectivity index (χ0) is 10.8. The third-order valence-corrected chi connectivity index (χ3v) is 3.44. The molecule has 0 bridgehead atoms. The smallest absolute Gasteiger partial charge is 0.0876 e. The van der Waals surface area contributed by atoms with E-state index in [0.29, 0.717) is 6.04 Å². The number of benzene rings is 1. The molecular formula is C14H17NO. The first kappa shape index (κ1) is 9.91. The van der Waals surface area contributed by atoms with E-state index in [4.69, 9.17) is 4.74 Å². The summed E-state index contributed by atoms with van der Waals surface area (Å²) in [6, 6.07) is 9.12. The van der Waals surface area contributed by atoms with Gasteiger partial charge >= 0.3 is 0 Å². The van der Waals surface area contributed by atoms with Crippen molar-refractivity contribution in [1.29, 1.82) is 0 Å². The molecule has 84 valence electrons. The summed E-state index contributed by atoms with van der Waals surface area (Å²) >= 11 is 0. The van der Waals surface area contributed by atoms with Gasteiger partial charge in [-0.25, -0.2) is 0 Å². The Bertz CT molecular complexity index is 411. The summed E-state index contributed by atoms with van der Waals surface area (Å²) in [4.78, 5) is 0. The number of hydrogen-bond donors (Lipinski definition) is 1. The van der Waals surface area contributed by atoms with Gasteiger partial charge in [0.25, 0.3) is 0 Å². The second kappa shape index (κ2) is 4.30. The minimum absolute atomic E-state index is 0.380. The van der Waals surface area contributed by atoms with Gasteiger partial charge in [-0.15, -0.1) is 0 Å². The molecule has 2 aliphatic heterocycles. The van der Waals surface area contributed by atoms with Gasteiger partial charge in [0, 0.05) is 6.54 Å². The van der Waals surface area contributed by atoms with E-state index < -0.39 is 0 Å². The van der Waals surface area contributed by atoms with E-state index >= 15 is 0 Å². The summed E-state index contributed by atoms with van der Waals surface area (Å²) in [5, 5.41) is 3.60. The second-order valence-corrected chi connectivity index (χ2v) is 4.50. The third-order valence-electron chi connectivity index (χ3n) is 3.44. The van der Waals surface area contributed by atoms with Crippen LogP contribution in [0.25, 0.3) is 0 Å². The first-order chi connectivity index (χ1) is 7.95. The summed E-state index contributed by atoms with van der Waals surface area (Å²) in [6.45, 7) is 1.94. The van der Waals surface area contributed by atoms with Crippen molar-refractivity contribution in [2.24, 2.45) is 0 Å². The summed E-state index contributed by atoms with van der Waals surface area (Å²) in [5.74, 6) is 0. The molecule has 0 amide bonds. The monoisotopic (exact) mass is 215 g/mol. The summed E-state index contributed by atoms with van der Waals surface area (Å²) < 4.78 is 5.45. The summed E-state index contributed by atoms with van der Waals surface area (Å²) in [7, 11) is 0. The number of rotatable bonds is 1. The quantitative estimate of drug-likeness (QED) is 0.777. The van der Waals surface area contributed by atoms with Crippen molar-refractivity contribution in [1.82, 2.24) is 5.32 Å². The van der Waals surface area contributed by atoms with E-state index in [1.807, 2.05) is 6.26 Å². The zero-order valence-electron chi connectivity index (χ0n) is 9.41. The van der Waals surface area contributed by atoms with Crippen molar-refractivity contribution in [3.05, 3.63) is 47.2 Å². The van der Waals surface area contributed by atoms with Crippen LogP contribution in [0.5, 0.6) is 0 Å². The molecule has 1 N–H and O–H groups in total. The maximum atomic E-state index is 5.45. The normalized spacial score (nSPS) is 24.2. The molecule has 1 aromatic carbocycles. The average Bonchev–Trinajstić information content (AvgIpc) is 2.39. The molecule has 2 aliphatic rings. The maximum absolute atomic E-state index is 5.45. The molecule has 3 rings (SSSR count). The van der Waals surface area contributed by atoms with Gasteiger partial charge in [0.15, 0.2) is 0 Å². The highest BCUT2D eigenvalue weighted by Crippen LogP contribution is 2.32. The van der Waals surface area contributed by atoms with Crippen LogP contribution in [0.3, 0.4) is 0 Å². The molecule has 2 heteroatoms. The van der Waals surface area contributed by atoms with Crippen LogP contribution in [0.4, 0.5) is 0 Å². The Hall–Kier alpha value is -1.28. The van der Waals surface area contributed by atoms with Crippen LogP contribution in [0.1, 0.15) is 30.0 Å². The van der Waals surface area contributed by atoms with Crippen molar-refractivity contribution in [3.8, 4) is 0 Å². The minimum Gasteiger partial charge on any atom is -0.501 e. The van der Waals surface area contributed by atoms with E-state index in [1.54, 1.807) is 0 Å². The van der Waals surface area contributed by atoms with Crippen molar-refractivity contribution in [2.45, 2.75) is 25.3 Å². The van der Waals surface area contributed by atoms with Crippen LogP contribution in [0.15, 0.2) is 36.1 Å². The number of nitrogens with one attached hydrogen (secondary N) is 1. The topological polar surface area (TPSA) is 21.3 Å². The van der Waals surface area contributed by atoms with Crippen LogP contribution >= 0.6 is 0 Å². The number of hydrogen-bond acceptors (Lipinski definition) is 2. The molecule has 1 atom stereocenters. The predicted molar refractivity (Wildman–Crippen MR) is 64.2 cm³/mol. The van der Waals surface area contributed by atoms with Crippen molar-refractivity contribution in [2.75, 3.05) is 13.2 Å². The lowest BCUT2D eigenvalue weighted by Crippen LogP contribution is -2.31. The number of ether oxygens (including phenoxy) is 1. The van der Waals surface area contributed by atoms with Gasteiger partial charge in [0.1, 0.15) is 0 Å². The minimum atomic E-state index is 0.380. The fraction of sp³-hybridized carbons (Fsp3) is 0.429. The highest BCUT2D eigenvalue weighted by atomic mass is 16.5. The first-order valence-electron chi connectivity index (χ1n) is 6.07. The van der Waals surface area contributed by atoms with Crippen molar-refractivity contribution in [3.63, 3.8) is 0 Å². The van der Waals surface area contributed by atoms with Gasteiger partial charge < -0.3 is 10.1 Å². The lowest BCUT2D eigenvalue weighted by molar-refractivity contribution is 0.219. The molecule has 0 saturated carbocycles. The van der Waals surface area contributed by atoms with Crippen LogP contribution in [0.2, 0.25) is 0 Å². The van der Waals surface area contributed by atoms with E-state index in [2.05, 4.69) is 29.6 Å². The van der Waals surface area contributed by atoms with Crippen LogP contribution in [-0.2, 0) is 11.2 Å². The third kappa shape index (κ3) is 1.74. The van der Waals surface area contributed by atoms with E-state index in [0.717, 1.165) is 32.4 Å². The molecule has 1 unspecified atom stereocenters. The Morgan fingerprint density at radius 1 is 1.19 bits per heavy atom. The van der Waals surface area contributed by atoms with Crippen LogP contribution in [0, 0.1) is 0 Å². The van der Waals surface area contributed by atoms with Crippen LogP contribution in [-0.4, -0.2) is 13.2 Å². The van der Waals surface area contributed by atoms with Gasteiger partial charge in [0.05, 0.1) is 18.9 Å². The Labute approximate surface area is 96.3 Å². The Balaban J connectivity index is 1.95. The Morgan fingerprint density at radius 3 is 3.00 bits per heavy atom. The zero-order valence-corrected chi connectivity index (χ0v) is 9.41. The molecule has 2 nitrogen and oxygen atoms in total. The largest absolute Gasteiger partial charge is 0.501 e. The van der Waals surface area contributed by atoms with E-state index in [1.165, 1.54) is 16.7 Å². The van der Waals surface area contributed by atoms with Gasteiger partial charge in [0.2, 0.25) is 0 Å². The average molecular weight is 215 g/mol. The number of fused-ring (bicyclic) bond motifs is 1. The fourth-order valence-corrected chi connectivity index (χ4v) is 2.63. The molecule has 0 aromatic heterocycles. The summed E-state index contributed by atoms with van der Waals surface area (Å²) in [5.41, 5.74) is 4.32. The highest BCUT2D eigenvalue weighted by molar-refractivity contribution is 5.37. The predicted octanol–water partition coefficient (Wildman–Crippen LogP) is 2.57. The van der Waals surface area contributed by atoms with E-state index in [-0.39, 0.29) is 0 Å². The molecule has 0 spiro atoms. The SMILES string of the molecule is C1=C(C2NCCc3ccccc32)CCCO1. The molecule has 2 heterocycles. The highest BCUT2D eigenvalue weighted by Gasteiger charge is 2.23. The van der Waals surface area contributed by atoms with Gasteiger partial charge in [-0.3, -0.25) is 0 Å². The van der Waals surface area contributed by atoms with Crippen LogP contribution < -0.4 is 5.32 Å². The molecular weight excluding hydrogens is 198 g/mol. The molecule has 1 aromatic rings. The molecule has 0 saturated heterocycles. The standard InChI is InChI=1S/C14H17NO/c1-2-6-13-11(4-1)7-8-15-14(13)12-5-3-9-16-10-12/h1-2,4,6,10,14-15H,3,5,7-9H2. The molecule has 16 heavy (non-hydrogen) atoms. The van der Waals surface area contributed by atoms with Gasteiger partial charge in [-0.2, -0.15) is 0 Å². The lowest BCUT2D eigenvalue weighted by atomic mass is 9.88. The fourth-order valence-electron chi connectivity index (χ4n) is 2.63. The lowest BCUT2D eigenvalue weighted by Gasteiger charge is -2.30. The molecule has 0 fully saturated rings. The van der Waals surface area contributed by atoms with Gasteiger partial charge in [-0.1, -0.05) is 24.3 Å². The molecule has 0 aliphatic carbocycles. The Morgan fingerprint density at radius 2 is 2.12 bits per heavy atom. The second-order valence-electron chi connectivity index (χ2n) is 4.50. The molecule has 0 radical (unpaired) electrons. The van der Waals surface area contributed by atoms with Crippen molar-refractivity contribution >= 4 is 0 Å².